The number of hydrogen-bond acceptors (Lipinski definition) is 3. The van der Waals surface area contributed by atoms with Gasteiger partial charge in [-0.2, -0.15) is 0 Å². The number of rotatable bonds is 3. The lowest BCUT2D eigenvalue weighted by molar-refractivity contribution is 0.0995. The van der Waals surface area contributed by atoms with Gasteiger partial charge in [-0.3, -0.25) is 9.59 Å². The highest BCUT2D eigenvalue weighted by Gasteiger charge is 2.21. The number of anilines is 1. The van der Waals surface area contributed by atoms with E-state index in [1.54, 1.807) is 18.3 Å². The lowest BCUT2D eigenvalue weighted by Gasteiger charge is -2.14. The van der Waals surface area contributed by atoms with Crippen LogP contribution in [0.15, 0.2) is 17.5 Å². The summed E-state index contributed by atoms with van der Waals surface area (Å²) in [6.07, 6.45) is 4.14. The third-order valence-corrected chi connectivity index (χ3v) is 5.27. The number of amides is 2. The Kier molecular flexibility index (Phi) is 4.17. The summed E-state index contributed by atoms with van der Waals surface area (Å²) in [7, 11) is 0. The molecule has 1 aromatic carbocycles. The Bertz CT molecular complexity index is 798. The van der Waals surface area contributed by atoms with Gasteiger partial charge in [-0.1, -0.05) is 0 Å². The summed E-state index contributed by atoms with van der Waals surface area (Å²) < 4.78 is 13.9. The summed E-state index contributed by atoms with van der Waals surface area (Å²) in [5.41, 5.74) is 7.55. The zero-order chi connectivity index (χ0) is 16.6. The van der Waals surface area contributed by atoms with Crippen LogP contribution in [0.1, 0.15) is 49.6 Å². The maximum Gasteiger partial charge on any atom is 0.256 e. The molecule has 1 aromatic heterocycles. The van der Waals surface area contributed by atoms with Gasteiger partial charge in [0.2, 0.25) is 5.91 Å². The van der Waals surface area contributed by atoms with E-state index < -0.39 is 11.7 Å². The van der Waals surface area contributed by atoms with Crippen LogP contribution in [0, 0.1) is 12.7 Å². The van der Waals surface area contributed by atoms with Crippen LogP contribution < -0.4 is 11.1 Å². The van der Waals surface area contributed by atoms with Crippen LogP contribution in [-0.2, 0) is 12.8 Å². The molecule has 4 nitrogen and oxygen atoms in total. The quantitative estimate of drug-likeness (QED) is 0.904. The molecule has 6 heteroatoms. The molecule has 3 N–H and O–H groups in total. The minimum atomic E-state index is -0.729. The fraction of sp³-hybridized carbons (Fsp3) is 0.294. The molecule has 3 rings (SSSR count). The van der Waals surface area contributed by atoms with E-state index in [1.165, 1.54) is 10.9 Å². The largest absolute Gasteiger partial charge is 0.366 e. The number of benzene rings is 1. The molecule has 0 fully saturated rings. The van der Waals surface area contributed by atoms with Crippen molar-refractivity contribution in [2.45, 2.75) is 32.6 Å². The molecule has 0 atom stereocenters. The lowest BCUT2D eigenvalue weighted by atomic mass is 9.95. The average Bonchev–Trinajstić information content (AvgIpc) is 2.95. The summed E-state index contributed by atoms with van der Waals surface area (Å²) in [4.78, 5) is 25.1. The van der Waals surface area contributed by atoms with Gasteiger partial charge in [-0.05, 0) is 50.3 Å². The lowest BCUT2D eigenvalue weighted by Crippen LogP contribution is -2.17. The van der Waals surface area contributed by atoms with Gasteiger partial charge in [0.15, 0.2) is 0 Å². The first-order chi connectivity index (χ1) is 11.0. The molecular weight excluding hydrogens is 315 g/mol. The van der Waals surface area contributed by atoms with Gasteiger partial charge in [0.05, 0.1) is 5.56 Å². The van der Waals surface area contributed by atoms with E-state index in [0.29, 0.717) is 5.56 Å². The zero-order valence-electron chi connectivity index (χ0n) is 12.7. The van der Waals surface area contributed by atoms with E-state index in [2.05, 4.69) is 5.32 Å². The predicted octanol–water partition coefficient (Wildman–Crippen LogP) is 3.43. The molecule has 1 aliphatic carbocycles. The molecule has 0 saturated heterocycles. The molecule has 23 heavy (non-hydrogen) atoms. The first-order valence-corrected chi connectivity index (χ1v) is 8.36. The topological polar surface area (TPSA) is 72.2 Å². The molecule has 1 aliphatic rings. The molecular formula is C17H17FN2O2S. The Hall–Kier alpha value is -2.21. The Morgan fingerprint density at radius 3 is 2.74 bits per heavy atom. The van der Waals surface area contributed by atoms with E-state index in [-0.39, 0.29) is 22.7 Å². The normalized spacial score (nSPS) is 13.5. The minimum absolute atomic E-state index is 0.0377. The molecule has 120 valence electrons. The van der Waals surface area contributed by atoms with Crippen molar-refractivity contribution in [1.29, 1.82) is 0 Å². The maximum atomic E-state index is 13.9. The van der Waals surface area contributed by atoms with Crippen molar-refractivity contribution in [2.75, 3.05) is 5.32 Å². The fourth-order valence-electron chi connectivity index (χ4n) is 2.82. The third-order valence-electron chi connectivity index (χ3n) is 4.18. The molecule has 2 aromatic rings. The molecule has 1 heterocycles. The molecule has 0 spiro atoms. The predicted molar refractivity (Wildman–Crippen MR) is 88.6 cm³/mol. The van der Waals surface area contributed by atoms with Crippen molar-refractivity contribution in [1.82, 2.24) is 0 Å². The Morgan fingerprint density at radius 1 is 1.26 bits per heavy atom. The molecule has 0 bridgehead atoms. The Balaban J connectivity index is 1.91. The highest BCUT2D eigenvalue weighted by Crippen LogP contribution is 2.31. The van der Waals surface area contributed by atoms with E-state index in [4.69, 9.17) is 5.73 Å². The van der Waals surface area contributed by atoms with Gasteiger partial charge in [0.1, 0.15) is 5.82 Å². The Labute approximate surface area is 137 Å². The van der Waals surface area contributed by atoms with E-state index in [0.717, 1.165) is 37.3 Å². The van der Waals surface area contributed by atoms with Gasteiger partial charge < -0.3 is 11.1 Å². The van der Waals surface area contributed by atoms with Crippen molar-refractivity contribution in [3.05, 3.63) is 50.5 Å². The molecule has 0 unspecified atom stereocenters. The summed E-state index contributed by atoms with van der Waals surface area (Å²) in [6, 6.07) is 2.50. The van der Waals surface area contributed by atoms with Crippen LogP contribution in [0.3, 0.4) is 0 Å². The van der Waals surface area contributed by atoms with Crippen molar-refractivity contribution in [2.24, 2.45) is 5.73 Å². The van der Waals surface area contributed by atoms with Gasteiger partial charge in [0, 0.05) is 27.1 Å². The first kappa shape index (κ1) is 15.7. The highest BCUT2D eigenvalue weighted by molar-refractivity contribution is 7.10. The zero-order valence-corrected chi connectivity index (χ0v) is 13.6. The van der Waals surface area contributed by atoms with Crippen molar-refractivity contribution >= 4 is 28.8 Å². The van der Waals surface area contributed by atoms with Crippen LogP contribution in [0.5, 0.6) is 0 Å². The second kappa shape index (κ2) is 6.12. The van der Waals surface area contributed by atoms with Gasteiger partial charge >= 0.3 is 0 Å². The monoisotopic (exact) mass is 332 g/mol. The van der Waals surface area contributed by atoms with E-state index in [1.807, 2.05) is 5.38 Å². The summed E-state index contributed by atoms with van der Waals surface area (Å²) >= 11 is 1.60. The van der Waals surface area contributed by atoms with Gasteiger partial charge in [-0.15, -0.1) is 11.3 Å². The summed E-state index contributed by atoms with van der Waals surface area (Å²) in [5.74, 6) is -1.57. The number of aryl methyl sites for hydroxylation is 1. The standard InChI is InChI=1S/C17H17FN2O2S/c1-9-13(18)6-10(16(19)21)7-14(9)20-17(22)12-8-23-15-5-3-2-4-11(12)15/h6-8H,2-5H2,1H3,(H2,19,21)(H,20,22). The molecule has 0 aliphatic heterocycles. The second-order valence-corrected chi connectivity index (χ2v) is 6.67. The number of hydrogen-bond donors (Lipinski definition) is 2. The smallest absolute Gasteiger partial charge is 0.256 e. The van der Waals surface area contributed by atoms with Crippen molar-refractivity contribution in [3.8, 4) is 0 Å². The van der Waals surface area contributed by atoms with Gasteiger partial charge in [0.25, 0.3) is 5.91 Å². The van der Waals surface area contributed by atoms with Crippen LogP contribution in [0.4, 0.5) is 10.1 Å². The molecule has 2 amide bonds. The van der Waals surface area contributed by atoms with Crippen LogP contribution >= 0.6 is 11.3 Å². The number of nitrogens with one attached hydrogen (secondary N) is 1. The third kappa shape index (κ3) is 2.99. The number of halogens is 1. The minimum Gasteiger partial charge on any atom is -0.366 e. The number of nitrogens with two attached hydrogens (primary N) is 1. The number of carbonyl (C=O) groups excluding carboxylic acids is 2. The summed E-state index contributed by atoms with van der Waals surface area (Å²) in [5, 5.41) is 4.57. The van der Waals surface area contributed by atoms with Crippen molar-refractivity contribution < 1.29 is 14.0 Å². The number of fused-ring (bicyclic) bond motifs is 1. The SMILES string of the molecule is Cc1c(F)cc(C(N)=O)cc1NC(=O)c1csc2c1CCCC2. The molecule has 0 radical (unpaired) electrons. The number of thiophene rings is 1. The Morgan fingerprint density at radius 2 is 2.00 bits per heavy atom. The second-order valence-electron chi connectivity index (χ2n) is 5.71. The van der Waals surface area contributed by atoms with E-state index in [9.17, 15) is 14.0 Å². The van der Waals surface area contributed by atoms with Gasteiger partial charge in [-0.25, -0.2) is 4.39 Å². The summed E-state index contributed by atoms with van der Waals surface area (Å²) in [6.45, 7) is 1.55. The highest BCUT2D eigenvalue weighted by atomic mass is 32.1. The fourth-order valence-corrected chi connectivity index (χ4v) is 3.95. The van der Waals surface area contributed by atoms with Crippen LogP contribution in [0.2, 0.25) is 0 Å². The maximum absolute atomic E-state index is 13.9. The van der Waals surface area contributed by atoms with Crippen LogP contribution in [0.25, 0.3) is 0 Å². The first-order valence-electron chi connectivity index (χ1n) is 7.48. The van der Waals surface area contributed by atoms with Crippen LogP contribution in [-0.4, -0.2) is 11.8 Å². The number of carbonyl (C=O) groups is 2. The molecule has 0 saturated carbocycles. The average molecular weight is 332 g/mol. The van der Waals surface area contributed by atoms with Crippen molar-refractivity contribution in [3.63, 3.8) is 0 Å². The van der Waals surface area contributed by atoms with E-state index >= 15 is 0 Å². The number of primary amides is 1.